The molecule has 0 aliphatic heterocycles. The first-order valence-corrected chi connectivity index (χ1v) is 6.66. The molecule has 1 amide bonds. The number of pyridine rings is 1. The summed E-state index contributed by atoms with van der Waals surface area (Å²) in [5, 5.41) is 14.0. The van der Waals surface area contributed by atoms with Crippen LogP contribution in [0.4, 0.5) is 5.69 Å². The summed E-state index contributed by atoms with van der Waals surface area (Å²) < 4.78 is 0. The minimum absolute atomic E-state index is 0.0224. The van der Waals surface area contributed by atoms with Crippen molar-refractivity contribution in [2.24, 2.45) is 0 Å². The average Bonchev–Trinajstić information content (AvgIpc) is 3.13. The first-order valence-electron chi connectivity index (χ1n) is 5.68. The molecule has 18 heavy (non-hydrogen) atoms. The summed E-state index contributed by atoms with van der Waals surface area (Å²) >= 11 is 1.42. The molecule has 1 saturated carbocycles. The summed E-state index contributed by atoms with van der Waals surface area (Å²) in [6.07, 6.45) is 3.85. The van der Waals surface area contributed by atoms with E-state index in [1.807, 2.05) is 0 Å². The lowest BCUT2D eigenvalue weighted by Crippen LogP contribution is -2.25. The van der Waals surface area contributed by atoms with Crippen molar-refractivity contribution in [1.29, 1.82) is 0 Å². The number of nitrogens with one attached hydrogen (secondary N) is 1. The summed E-state index contributed by atoms with van der Waals surface area (Å²) in [5.74, 6) is 0.690. The Hall–Kier alpha value is -1.63. The first kappa shape index (κ1) is 12.8. The predicted molar refractivity (Wildman–Crippen MR) is 67.4 cm³/mol. The number of thioether (sulfide) groups is 1. The van der Waals surface area contributed by atoms with Crippen LogP contribution in [0.1, 0.15) is 19.3 Å². The van der Waals surface area contributed by atoms with Crippen LogP contribution in [0.5, 0.6) is 0 Å². The highest BCUT2D eigenvalue weighted by atomic mass is 32.2. The third-order valence-electron chi connectivity index (χ3n) is 2.45. The normalized spacial score (nSPS) is 14.2. The largest absolute Gasteiger partial charge is 0.353 e. The van der Waals surface area contributed by atoms with E-state index in [4.69, 9.17) is 0 Å². The van der Waals surface area contributed by atoms with E-state index in [0.717, 1.165) is 12.8 Å². The Labute approximate surface area is 108 Å². The van der Waals surface area contributed by atoms with E-state index in [9.17, 15) is 14.9 Å². The van der Waals surface area contributed by atoms with Crippen LogP contribution in [0, 0.1) is 10.1 Å². The average molecular weight is 267 g/mol. The molecule has 7 heteroatoms. The lowest BCUT2D eigenvalue weighted by atomic mass is 10.4. The monoisotopic (exact) mass is 267 g/mol. The molecule has 0 spiro atoms. The number of carbonyl (C=O) groups excluding carboxylic acids is 1. The van der Waals surface area contributed by atoms with Gasteiger partial charge in [0.15, 0.2) is 0 Å². The van der Waals surface area contributed by atoms with Crippen molar-refractivity contribution >= 4 is 23.4 Å². The van der Waals surface area contributed by atoms with E-state index in [2.05, 4.69) is 10.3 Å². The molecule has 1 aromatic rings. The molecule has 0 unspecified atom stereocenters. The molecule has 0 atom stereocenters. The van der Waals surface area contributed by atoms with Crippen LogP contribution in [0.2, 0.25) is 0 Å². The van der Waals surface area contributed by atoms with Crippen molar-refractivity contribution in [3.8, 4) is 0 Å². The van der Waals surface area contributed by atoms with Crippen molar-refractivity contribution in [2.75, 3.05) is 5.75 Å². The fraction of sp³-hybridized carbons (Fsp3) is 0.455. The lowest BCUT2D eigenvalue weighted by molar-refractivity contribution is -0.385. The summed E-state index contributed by atoms with van der Waals surface area (Å²) in [6, 6.07) is 3.40. The molecule has 6 nitrogen and oxygen atoms in total. The molecule has 0 radical (unpaired) electrons. The van der Waals surface area contributed by atoms with Crippen LogP contribution in [-0.2, 0) is 4.79 Å². The van der Waals surface area contributed by atoms with Gasteiger partial charge in [-0.2, -0.15) is 0 Å². The maximum Gasteiger partial charge on any atom is 0.287 e. The Morgan fingerprint density at radius 3 is 2.89 bits per heavy atom. The highest BCUT2D eigenvalue weighted by molar-refractivity contribution is 7.99. The maximum atomic E-state index is 11.4. The molecule has 0 saturated heterocycles. The first-order chi connectivity index (χ1) is 8.65. The van der Waals surface area contributed by atoms with Gasteiger partial charge in [0.2, 0.25) is 5.91 Å². The fourth-order valence-corrected chi connectivity index (χ4v) is 2.13. The lowest BCUT2D eigenvalue weighted by Gasteiger charge is -2.02. The second-order valence-corrected chi connectivity index (χ2v) is 5.17. The van der Waals surface area contributed by atoms with Gasteiger partial charge in [0.25, 0.3) is 5.69 Å². The Morgan fingerprint density at radius 2 is 2.33 bits per heavy atom. The van der Waals surface area contributed by atoms with Crippen molar-refractivity contribution in [3.63, 3.8) is 0 Å². The second kappa shape index (κ2) is 5.81. The van der Waals surface area contributed by atoms with Crippen LogP contribution in [-0.4, -0.2) is 27.6 Å². The van der Waals surface area contributed by atoms with E-state index < -0.39 is 4.92 Å². The minimum atomic E-state index is -0.482. The number of nitro groups is 1. The third kappa shape index (κ3) is 3.99. The van der Waals surface area contributed by atoms with Gasteiger partial charge in [-0.25, -0.2) is 4.98 Å². The highest BCUT2D eigenvalue weighted by Gasteiger charge is 2.22. The Morgan fingerprint density at radius 1 is 1.56 bits per heavy atom. The third-order valence-corrected chi connectivity index (χ3v) is 3.40. The predicted octanol–water partition coefficient (Wildman–Crippen LogP) is 1.75. The molecule has 2 rings (SSSR count). The summed E-state index contributed by atoms with van der Waals surface area (Å²) in [5.41, 5.74) is -0.0224. The van der Waals surface area contributed by atoms with Gasteiger partial charge in [-0.05, 0) is 18.9 Å². The topological polar surface area (TPSA) is 85.1 Å². The van der Waals surface area contributed by atoms with E-state index in [1.54, 1.807) is 6.07 Å². The van der Waals surface area contributed by atoms with Gasteiger partial charge in [-0.3, -0.25) is 14.9 Å². The molecule has 0 aromatic carbocycles. The second-order valence-electron chi connectivity index (χ2n) is 4.05. The molecule has 1 N–H and O–H groups in total. The Bertz CT molecular complexity index is 445. The minimum Gasteiger partial charge on any atom is -0.353 e. The molecule has 0 bridgehead atoms. The SMILES string of the molecule is O=C(CCSc1ccc([N+](=O)[O-])cn1)NC1CC1. The van der Waals surface area contributed by atoms with Crippen molar-refractivity contribution < 1.29 is 9.72 Å². The van der Waals surface area contributed by atoms with Crippen LogP contribution >= 0.6 is 11.8 Å². The number of hydrogen-bond donors (Lipinski definition) is 1. The number of amides is 1. The van der Waals surface area contributed by atoms with Gasteiger partial charge in [0, 0.05) is 24.3 Å². The Balaban J connectivity index is 1.72. The molecule has 1 heterocycles. The van der Waals surface area contributed by atoms with Crippen LogP contribution in [0.15, 0.2) is 23.4 Å². The van der Waals surface area contributed by atoms with Gasteiger partial charge >= 0.3 is 0 Å². The van der Waals surface area contributed by atoms with Gasteiger partial charge in [0.05, 0.1) is 9.95 Å². The highest BCUT2D eigenvalue weighted by Crippen LogP contribution is 2.20. The fourth-order valence-electron chi connectivity index (χ4n) is 1.34. The molecule has 1 aromatic heterocycles. The molecular formula is C11H13N3O3S. The molecule has 1 fully saturated rings. The smallest absolute Gasteiger partial charge is 0.287 e. The van der Waals surface area contributed by atoms with E-state index in [-0.39, 0.29) is 11.6 Å². The number of hydrogen-bond acceptors (Lipinski definition) is 5. The zero-order chi connectivity index (χ0) is 13.0. The summed E-state index contributed by atoms with van der Waals surface area (Å²) in [6.45, 7) is 0. The van der Waals surface area contributed by atoms with Crippen molar-refractivity contribution in [1.82, 2.24) is 10.3 Å². The van der Waals surface area contributed by atoms with Gasteiger partial charge in [0.1, 0.15) is 6.20 Å². The number of rotatable bonds is 6. The van der Waals surface area contributed by atoms with E-state index >= 15 is 0 Å². The van der Waals surface area contributed by atoms with Crippen LogP contribution in [0.25, 0.3) is 0 Å². The van der Waals surface area contributed by atoms with Crippen molar-refractivity contribution in [2.45, 2.75) is 30.3 Å². The van der Waals surface area contributed by atoms with Gasteiger partial charge in [-0.15, -0.1) is 11.8 Å². The quantitative estimate of drug-likeness (QED) is 0.482. The zero-order valence-corrected chi connectivity index (χ0v) is 10.5. The molecule has 1 aliphatic rings. The number of aromatic nitrogens is 1. The molecular weight excluding hydrogens is 254 g/mol. The number of nitrogens with zero attached hydrogens (tertiary/aromatic N) is 2. The standard InChI is InChI=1S/C11H13N3O3S/c15-10(13-8-1-2-8)5-6-18-11-4-3-9(7-12-11)14(16)17/h3-4,7-8H,1-2,5-6H2,(H,13,15). The van der Waals surface area contributed by atoms with Gasteiger partial charge < -0.3 is 5.32 Å². The number of carbonyl (C=O) groups is 1. The summed E-state index contributed by atoms with van der Waals surface area (Å²) in [7, 11) is 0. The van der Waals surface area contributed by atoms with Crippen molar-refractivity contribution in [3.05, 3.63) is 28.4 Å². The molecule has 1 aliphatic carbocycles. The maximum absolute atomic E-state index is 11.4. The Kier molecular flexibility index (Phi) is 4.14. The summed E-state index contributed by atoms with van der Waals surface area (Å²) in [4.78, 5) is 25.3. The van der Waals surface area contributed by atoms with E-state index in [0.29, 0.717) is 23.2 Å². The van der Waals surface area contributed by atoms with Crippen LogP contribution in [0.3, 0.4) is 0 Å². The van der Waals surface area contributed by atoms with Gasteiger partial charge in [-0.1, -0.05) is 0 Å². The molecule has 96 valence electrons. The zero-order valence-electron chi connectivity index (χ0n) is 9.67. The van der Waals surface area contributed by atoms with E-state index in [1.165, 1.54) is 24.0 Å². The van der Waals surface area contributed by atoms with Crippen LogP contribution < -0.4 is 5.32 Å².